The molecule has 1 aliphatic rings. The molecule has 1 unspecified atom stereocenters. The van der Waals surface area contributed by atoms with E-state index in [-0.39, 0.29) is 11.9 Å². The van der Waals surface area contributed by atoms with Gasteiger partial charge in [0.05, 0.1) is 12.2 Å². The van der Waals surface area contributed by atoms with Crippen molar-refractivity contribution in [3.05, 3.63) is 35.6 Å². The summed E-state index contributed by atoms with van der Waals surface area (Å²) in [6.45, 7) is 3.79. The van der Waals surface area contributed by atoms with Gasteiger partial charge in [0.15, 0.2) is 0 Å². The predicted octanol–water partition coefficient (Wildman–Crippen LogP) is 3.44. The molecule has 1 saturated carbocycles. The van der Waals surface area contributed by atoms with Crippen molar-refractivity contribution < 1.29 is 9.13 Å². The Labute approximate surface area is 109 Å². The van der Waals surface area contributed by atoms with Crippen LogP contribution in [0.15, 0.2) is 24.3 Å². The normalized spacial score (nSPS) is 18.1. The molecule has 3 heteroatoms. The molecule has 18 heavy (non-hydrogen) atoms. The monoisotopic (exact) mass is 251 g/mol. The van der Waals surface area contributed by atoms with E-state index in [1.165, 1.54) is 25.0 Å². The summed E-state index contributed by atoms with van der Waals surface area (Å²) in [5.74, 6) is -0.193. The maximum Gasteiger partial charge on any atom is 0.123 e. The first-order chi connectivity index (χ1) is 8.79. The van der Waals surface area contributed by atoms with Crippen LogP contribution in [-0.2, 0) is 4.74 Å². The first-order valence-electron chi connectivity index (χ1n) is 6.91. The quantitative estimate of drug-likeness (QED) is 0.836. The van der Waals surface area contributed by atoms with Crippen molar-refractivity contribution in [2.45, 2.75) is 44.8 Å². The summed E-state index contributed by atoms with van der Waals surface area (Å²) in [5, 5.41) is 3.32. The number of nitrogens with one attached hydrogen (secondary N) is 1. The average Bonchev–Trinajstić information content (AvgIpc) is 2.88. The topological polar surface area (TPSA) is 21.3 Å². The molecular weight excluding hydrogens is 229 g/mol. The Kier molecular flexibility index (Phi) is 5.14. The van der Waals surface area contributed by atoms with Gasteiger partial charge < -0.3 is 10.1 Å². The second kappa shape index (κ2) is 6.86. The maximum atomic E-state index is 13.0. The molecule has 0 bridgehead atoms. The van der Waals surface area contributed by atoms with Gasteiger partial charge in [-0.05, 0) is 37.1 Å². The Balaban J connectivity index is 2.00. The molecule has 0 saturated heterocycles. The minimum absolute atomic E-state index is 0.0358. The highest BCUT2D eigenvalue weighted by atomic mass is 19.1. The van der Waals surface area contributed by atoms with Crippen LogP contribution in [0.2, 0.25) is 0 Å². The molecule has 2 nitrogen and oxygen atoms in total. The fraction of sp³-hybridized carbons (Fsp3) is 0.600. The van der Waals surface area contributed by atoms with E-state index in [0.717, 1.165) is 31.5 Å². The van der Waals surface area contributed by atoms with Crippen molar-refractivity contribution in [2.75, 3.05) is 13.1 Å². The molecule has 0 aromatic heterocycles. The number of rotatable bonds is 6. The number of likely N-dealkylation sites (N-methyl/N-ethyl adjacent to an activating group) is 1. The summed E-state index contributed by atoms with van der Waals surface area (Å²) in [7, 11) is 0. The van der Waals surface area contributed by atoms with Crippen LogP contribution >= 0.6 is 0 Å². The molecule has 2 rings (SSSR count). The third-order valence-electron chi connectivity index (χ3n) is 3.48. The Morgan fingerprint density at radius 2 is 1.94 bits per heavy atom. The number of hydrogen-bond donors (Lipinski definition) is 1. The van der Waals surface area contributed by atoms with Crippen molar-refractivity contribution in [3.63, 3.8) is 0 Å². The van der Waals surface area contributed by atoms with E-state index in [0.29, 0.717) is 6.10 Å². The number of ether oxygens (including phenoxy) is 1. The van der Waals surface area contributed by atoms with Gasteiger partial charge in [0.1, 0.15) is 5.82 Å². The van der Waals surface area contributed by atoms with E-state index >= 15 is 0 Å². The summed E-state index contributed by atoms with van der Waals surface area (Å²) in [5.41, 5.74) is 1.06. The van der Waals surface area contributed by atoms with Crippen LogP contribution in [0.5, 0.6) is 0 Å². The SMILES string of the molecule is CCNCC(OC1CCCC1)c1ccc(F)cc1. The molecular formula is C15H22FNO. The zero-order valence-corrected chi connectivity index (χ0v) is 11.0. The minimum atomic E-state index is -0.193. The van der Waals surface area contributed by atoms with Gasteiger partial charge in [-0.1, -0.05) is 31.9 Å². The summed E-state index contributed by atoms with van der Waals surface area (Å²) >= 11 is 0. The van der Waals surface area contributed by atoms with Crippen molar-refractivity contribution in [1.82, 2.24) is 5.32 Å². The molecule has 0 amide bonds. The van der Waals surface area contributed by atoms with Crippen molar-refractivity contribution in [1.29, 1.82) is 0 Å². The minimum Gasteiger partial charge on any atom is -0.369 e. The fourth-order valence-corrected chi connectivity index (χ4v) is 2.45. The molecule has 0 spiro atoms. The Morgan fingerprint density at radius 3 is 2.56 bits per heavy atom. The van der Waals surface area contributed by atoms with Crippen LogP contribution in [0.1, 0.15) is 44.3 Å². The van der Waals surface area contributed by atoms with Gasteiger partial charge in [0.2, 0.25) is 0 Å². The average molecular weight is 251 g/mol. The summed E-state index contributed by atoms with van der Waals surface area (Å²) in [4.78, 5) is 0. The predicted molar refractivity (Wildman–Crippen MR) is 71.0 cm³/mol. The van der Waals surface area contributed by atoms with E-state index in [4.69, 9.17) is 4.74 Å². The number of halogens is 1. The van der Waals surface area contributed by atoms with E-state index in [2.05, 4.69) is 12.2 Å². The largest absolute Gasteiger partial charge is 0.369 e. The molecule has 1 atom stereocenters. The van der Waals surface area contributed by atoms with E-state index in [1.54, 1.807) is 0 Å². The van der Waals surface area contributed by atoms with E-state index in [9.17, 15) is 4.39 Å². The summed E-state index contributed by atoms with van der Waals surface area (Å²) in [6, 6.07) is 6.66. The zero-order chi connectivity index (χ0) is 12.8. The highest BCUT2D eigenvalue weighted by molar-refractivity contribution is 5.19. The third kappa shape index (κ3) is 3.79. The van der Waals surface area contributed by atoms with Crippen LogP contribution in [0.25, 0.3) is 0 Å². The van der Waals surface area contributed by atoms with Gasteiger partial charge in [-0.3, -0.25) is 0 Å². The van der Waals surface area contributed by atoms with Gasteiger partial charge in [0.25, 0.3) is 0 Å². The van der Waals surface area contributed by atoms with Crippen molar-refractivity contribution in [2.24, 2.45) is 0 Å². The molecule has 1 aliphatic carbocycles. The van der Waals surface area contributed by atoms with Gasteiger partial charge in [-0.15, -0.1) is 0 Å². The standard InChI is InChI=1S/C15H22FNO/c1-2-17-11-15(18-14-5-3-4-6-14)12-7-9-13(16)10-8-12/h7-10,14-15,17H,2-6,11H2,1H3. The summed E-state index contributed by atoms with van der Waals surface area (Å²) < 4.78 is 19.1. The van der Waals surface area contributed by atoms with Crippen LogP contribution in [-0.4, -0.2) is 19.2 Å². The van der Waals surface area contributed by atoms with Gasteiger partial charge in [-0.2, -0.15) is 0 Å². The highest BCUT2D eigenvalue weighted by Crippen LogP contribution is 2.27. The number of benzene rings is 1. The van der Waals surface area contributed by atoms with Gasteiger partial charge >= 0.3 is 0 Å². The molecule has 0 aliphatic heterocycles. The fourth-order valence-electron chi connectivity index (χ4n) is 2.45. The second-order valence-corrected chi connectivity index (χ2v) is 4.89. The lowest BCUT2D eigenvalue weighted by Gasteiger charge is -2.23. The lowest BCUT2D eigenvalue weighted by Crippen LogP contribution is -2.25. The Hall–Kier alpha value is -0.930. The number of hydrogen-bond acceptors (Lipinski definition) is 2. The smallest absolute Gasteiger partial charge is 0.123 e. The van der Waals surface area contributed by atoms with Crippen LogP contribution in [0.4, 0.5) is 4.39 Å². The van der Waals surface area contributed by atoms with Crippen molar-refractivity contribution >= 4 is 0 Å². The Bertz CT molecular complexity index is 346. The molecule has 0 heterocycles. The lowest BCUT2D eigenvalue weighted by atomic mass is 10.1. The van der Waals surface area contributed by atoms with Crippen LogP contribution in [0.3, 0.4) is 0 Å². The maximum absolute atomic E-state index is 13.0. The molecule has 0 radical (unpaired) electrons. The first kappa shape index (κ1) is 13.5. The molecule has 1 N–H and O–H groups in total. The van der Waals surface area contributed by atoms with Gasteiger partial charge in [0, 0.05) is 6.54 Å². The van der Waals surface area contributed by atoms with Gasteiger partial charge in [-0.25, -0.2) is 4.39 Å². The second-order valence-electron chi connectivity index (χ2n) is 4.89. The lowest BCUT2D eigenvalue weighted by molar-refractivity contribution is -0.00852. The van der Waals surface area contributed by atoms with E-state index < -0.39 is 0 Å². The molecule has 100 valence electrons. The summed E-state index contributed by atoms with van der Waals surface area (Å²) in [6.07, 6.45) is 5.25. The first-order valence-corrected chi connectivity index (χ1v) is 6.91. The molecule has 1 fully saturated rings. The molecule has 1 aromatic carbocycles. The van der Waals surface area contributed by atoms with Crippen molar-refractivity contribution in [3.8, 4) is 0 Å². The zero-order valence-electron chi connectivity index (χ0n) is 11.0. The molecule has 1 aromatic rings. The Morgan fingerprint density at radius 1 is 1.28 bits per heavy atom. The van der Waals surface area contributed by atoms with E-state index in [1.807, 2.05) is 12.1 Å². The van der Waals surface area contributed by atoms with Crippen LogP contribution < -0.4 is 5.32 Å². The van der Waals surface area contributed by atoms with Crippen LogP contribution in [0, 0.1) is 5.82 Å². The third-order valence-corrected chi connectivity index (χ3v) is 3.48. The highest BCUT2D eigenvalue weighted by Gasteiger charge is 2.21.